The van der Waals surface area contributed by atoms with Gasteiger partial charge in [0.25, 0.3) is 0 Å². The number of rotatable bonds is 8. The van der Waals surface area contributed by atoms with Crippen LogP contribution in [0.25, 0.3) is 0 Å². The summed E-state index contributed by atoms with van der Waals surface area (Å²) in [5.74, 6) is 1.19. The lowest BCUT2D eigenvalue weighted by Gasteiger charge is -2.55. The summed E-state index contributed by atoms with van der Waals surface area (Å²) in [5, 5.41) is 12.7. The third-order valence-electron chi connectivity index (χ3n) is 8.96. The number of ether oxygens (including phenoxy) is 1. The summed E-state index contributed by atoms with van der Waals surface area (Å²) in [6.07, 6.45) is 3.37. The predicted molar refractivity (Wildman–Crippen MR) is 149 cm³/mol. The molecule has 0 unspecified atom stereocenters. The molecule has 0 spiro atoms. The first-order chi connectivity index (χ1) is 15.8. The standard InChI is InChI=1S/C29H50O3SSi/c1-19(2)34(20(3)4,21(5)6)32-23(8)29(30,24-14-12-11-13-15-24)27-31-26-18-22(7)16-17-25(26)28(9,10)33-27/h11-15,19-23,25-27,30H,16-18H2,1-10H3/t22-,23+,25-,26-,27-,29+/m1/s1. The number of fused-ring (bicyclic) bond motifs is 1. The van der Waals surface area contributed by atoms with Crippen molar-refractivity contribution in [3.63, 3.8) is 0 Å². The molecule has 2 aliphatic rings. The summed E-state index contributed by atoms with van der Waals surface area (Å²) in [7, 11) is -2.20. The summed E-state index contributed by atoms with van der Waals surface area (Å²) in [4.78, 5) is 0. The van der Waals surface area contributed by atoms with Crippen molar-refractivity contribution in [3.8, 4) is 0 Å². The molecule has 1 saturated carbocycles. The zero-order chi connectivity index (χ0) is 25.5. The van der Waals surface area contributed by atoms with Gasteiger partial charge in [0.05, 0.1) is 12.2 Å². The van der Waals surface area contributed by atoms with Crippen molar-refractivity contribution < 1.29 is 14.3 Å². The minimum atomic E-state index is -2.20. The average molecular weight is 507 g/mol. The molecule has 6 atom stereocenters. The van der Waals surface area contributed by atoms with Crippen molar-refractivity contribution in [2.75, 3.05) is 0 Å². The Balaban J connectivity index is 2.05. The second-order valence-electron chi connectivity index (χ2n) is 12.5. The zero-order valence-corrected chi connectivity index (χ0v) is 25.1. The maximum atomic E-state index is 12.7. The second-order valence-corrected chi connectivity index (χ2v) is 19.6. The third-order valence-corrected chi connectivity index (χ3v) is 16.7. The first kappa shape index (κ1) is 28.2. The fourth-order valence-corrected chi connectivity index (χ4v) is 14.4. The van der Waals surface area contributed by atoms with Crippen LogP contribution in [0.4, 0.5) is 0 Å². The van der Waals surface area contributed by atoms with Gasteiger partial charge in [0.15, 0.2) is 0 Å². The predicted octanol–water partition coefficient (Wildman–Crippen LogP) is 8.13. The highest BCUT2D eigenvalue weighted by Crippen LogP contribution is 2.55. The molecule has 3 rings (SSSR count). The smallest absolute Gasteiger partial charge is 0.200 e. The monoisotopic (exact) mass is 506 g/mol. The van der Waals surface area contributed by atoms with E-state index in [4.69, 9.17) is 9.16 Å². The lowest BCUT2D eigenvalue weighted by atomic mass is 9.74. The fraction of sp³-hybridized carbons (Fsp3) is 0.793. The highest BCUT2D eigenvalue weighted by molar-refractivity contribution is 8.01. The van der Waals surface area contributed by atoms with E-state index in [1.54, 1.807) is 0 Å². The van der Waals surface area contributed by atoms with E-state index in [1.165, 1.54) is 12.8 Å². The average Bonchev–Trinajstić information content (AvgIpc) is 2.75. The molecule has 0 radical (unpaired) electrons. The Hall–Kier alpha value is -0.333. The van der Waals surface area contributed by atoms with E-state index in [9.17, 15) is 5.11 Å². The van der Waals surface area contributed by atoms with Gasteiger partial charge in [-0.25, -0.2) is 0 Å². The largest absolute Gasteiger partial charge is 0.410 e. The quantitative estimate of drug-likeness (QED) is 0.361. The molecule has 0 aromatic heterocycles. The van der Waals surface area contributed by atoms with Crippen molar-refractivity contribution in [3.05, 3.63) is 35.9 Å². The van der Waals surface area contributed by atoms with Crippen LogP contribution in [-0.2, 0) is 14.8 Å². The van der Waals surface area contributed by atoms with Gasteiger partial charge >= 0.3 is 0 Å². The SMILES string of the molecule is CC(C)[Si](O[C@@H](C)[C@](O)(c1ccccc1)[C@@H]1O[C@@H]2C[C@H](C)CC[C@H]2C(C)(C)S1)(C(C)C)C(C)C. The molecule has 1 aliphatic carbocycles. The van der Waals surface area contributed by atoms with Crippen molar-refractivity contribution in [1.82, 2.24) is 0 Å². The van der Waals surface area contributed by atoms with E-state index in [0.717, 1.165) is 12.0 Å². The highest BCUT2D eigenvalue weighted by atomic mass is 32.2. The topological polar surface area (TPSA) is 38.7 Å². The van der Waals surface area contributed by atoms with Crippen LogP contribution in [0.3, 0.4) is 0 Å². The molecule has 1 aliphatic heterocycles. The minimum absolute atomic E-state index is 0.0405. The van der Waals surface area contributed by atoms with Crippen LogP contribution in [0.2, 0.25) is 16.6 Å². The molecule has 1 aromatic carbocycles. The minimum Gasteiger partial charge on any atom is -0.410 e. The van der Waals surface area contributed by atoms with Crippen LogP contribution in [0.15, 0.2) is 30.3 Å². The second kappa shape index (κ2) is 10.6. The lowest BCUT2D eigenvalue weighted by molar-refractivity contribution is -0.170. The van der Waals surface area contributed by atoms with Gasteiger partial charge < -0.3 is 14.3 Å². The van der Waals surface area contributed by atoms with E-state index in [-0.39, 0.29) is 22.4 Å². The van der Waals surface area contributed by atoms with Crippen LogP contribution in [0.5, 0.6) is 0 Å². The van der Waals surface area contributed by atoms with Gasteiger partial charge in [0, 0.05) is 4.75 Å². The molecule has 1 N–H and O–H groups in total. The van der Waals surface area contributed by atoms with Gasteiger partial charge in [0.2, 0.25) is 8.32 Å². The van der Waals surface area contributed by atoms with Gasteiger partial charge in [-0.2, -0.15) is 0 Å². The Morgan fingerprint density at radius 3 is 2.09 bits per heavy atom. The van der Waals surface area contributed by atoms with E-state index in [2.05, 4.69) is 81.4 Å². The van der Waals surface area contributed by atoms with Gasteiger partial charge in [0.1, 0.15) is 11.0 Å². The van der Waals surface area contributed by atoms with Crippen LogP contribution in [-0.4, -0.2) is 35.8 Å². The van der Waals surface area contributed by atoms with Gasteiger partial charge in [-0.1, -0.05) is 99.1 Å². The van der Waals surface area contributed by atoms with Gasteiger partial charge in [-0.3, -0.25) is 0 Å². The molecular formula is C29H50O3SSi. The van der Waals surface area contributed by atoms with Crippen LogP contribution in [0.1, 0.15) is 94.1 Å². The Morgan fingerprint density at radius 1 is 1.00 bits per heavy atom. The third kappa shape index (κ3) is 5.07. The molecule has 34 heavy (non-hydrogen) atoms. The van der Waals surface area contributed by atoms with Crippen LogP contribution in [0, 0.1) is 11.8 Å². The Labute approximate surface area is 214 Å². The summed E-state index contributed by atoms with van der Waals surface area (Å²) in [5.41, 5.74) is 0.660. The Bertz CT molecular complexity index is 774. The zero-order valence-electron chi connectivity index (χ0n) is 23.3. The van der Waals surface area contributed by atoms with Crippen molar-refractivity contribution in [2.24, 2.45) is 11.8 Å². The molecule has 3 nitrogen and oxygen atoms in total. The lowest BCUT2D eigenvalue weighted by Crippen LogP contribution is -2.60. The molecule has 1 heterocycles. The normalized spacial score (nSPS) is 30.3. The van der Waals surface area contributed by atoms with Crippen molar-refractivity contribution in [1.29, 1.82) is 0 Å². The molecule has 194 valence electrons. The molecule has 0 amide bonds. The summed E-state index contributed by atoms with van der Waals surface area (Å²) < 4.78 is 14.1. The van der Waals surface area contributed by atoms with E-state index < -0.39 is 13.9 Å². The van der Waals surface area contributed by atoms with Crippen molar-refractivity contribution in [2.45, 2.75) is 133 Å². The number of hydrogen-bond acceptors (Lipinski definition) is 4. The first-order valence-electron chi connectivity index (χ1n) is 13.6. The van der Waals surface area contributed by atoms with E-state index >= 15 is 0 Å². The summed E-state index contributed by atoms with van der Waals surface area (Å²) >= 11 is 1.82. The fourth-order valence-electron chi connectivity index (χ4n) is 7.09. The Kier molecular flexibility index (Phi) is 8.78. The van der Waals surface area contributed by atoms with Gasteiger partial charge in [-0.05, 0) is 53.8 Å². The van der Waals surface area contributed by atoms with E-state index in [1.807, 2.05) is 30.0 Å². The van der Waals surface area contributed by atoms with Gasteiger partial charge in [-0.15, -0.1) is 11.8 Å². The molecule has 1 saturated heterocycles. The first-order valence-corrected chi connectivity index (χ1v) is 16.6. The van der Waals surface area contributed by atoms with E-state index in [0.29, 0.717) is 28.5 Å². The molecular weight excluding hydrogens is 456 g/mol. The maximum Gasteiger partial charge on any atom is 0.200 e. The highest BCUT2D eigenvalue weighted by Gasteiger charge is 2.57. The molecule has 2 fully saturated rings. The number of benzene rings is 1. The molecule has 1 aromatic rings. The summed E-state index contributed by atoms with van der Waals surface area (Å²) in [6, 6.07) is 10.2. The maximum absolute atomic E-state index is 12.7. The number of hydrogen-bond donors (Lipinski definition) is 1. The summed E-state index contributed by atoms with van der Waals surface area (Å²) in [6.45, 7) is 23.0. The van der Waals surface area contributed by atoms with Crippen LogP contribution < -0.4 is 0 Å². The van der Waals surface area contributed by atoms with Crippen molar-refractivity contribution >= 4 is 20.1 Å². The molecule has 5 heteroatoms. The number of thioether (sulfide) groups is 1. The number of aliphatic hydroxyl groups is 1. The molecule has 0 bridgehead atoms. The van der Waals surface area contributed by atoms with Crippen LogP contribution >= 0.6 is 11.8 Å². The Morgan fingerprint density at radius 2 is 1.56 bits per heavy atom.